The number of hydrogen-bond acceptors (Lipinski definition) is 6. The van der Waals surface area contributed by atoms with Gasteiger partial charge in [0.25, 0.3) is 5.91 Å². The number of amides is 1. The van der Waals surface area contributed by atoms with E-state index in [1.807, 2.05) is 13.0 Å². The third kappa shape index (κ3) is 5.91. The number of halogens is 3. The number of rotatable bonds is 7. The Morgan fingerprint density at radius 3 is 2.50 bits per heavy atom. The fourth-order valence-electron chi connectivity index (χ4n) is 3.83. The topological polar surface area (TPSA) is 80.2 Å². The highest BCUT2D eigenvalue weighted by Gasteiger charge is 2.35. The second-order valence-electron chi connectivity index (χ2n) is 8.73. The minimum absolute atomic E-state index is 0.0202. The van der Waals surface area contributed by atoms with Crippen LogP contribution in [0.4, 0.5) is 24.5 Å². The number of carbonyl (C=O) groups is 1. The Balaban J connectivity index is 1.55. The van der Waals surface area contributed by atoms with Crippen LogP contribution in [0.15, 0.2) is 67.0 Å². The molecule has 38 heavy (non-hydrogen) atoms. The molecule has 1 amide bonds. The second-order valence-corrected chi connectivity index (χ2v) is 8.73. The molecule has 2 aromatic heterocycles. The van der Waals surface area contributed by atoms with Crippen LogP contribution in [0.5, 0.6) is 11.6 Å². The zero-order valence-electron chi connectivity index (χ0n) is 21.3. The molecule has 0 saturated heterocycles. The van der Waals surface area contributed by atoms with Gasteiger partial charge in [-0.25, -0.2) is 15.0 Å². The number of pyridine rings is 1. The van der Waals surface area contributed by atoms with Crippen LogP contribution >= 0.6 is 0 Å². The van der Waals surface area contributed by atoms with Crippen molar-refractivity contribution < 1.29 is 22.7 Å². The van der Waals surface area contributed by atoms with Gasteiger partial charge in [-0.3, -0.25) is 4.79 Å². The number of hydrogen-bond donors (Lipinski definition) is 1. The lowest BCUT2D eigenvalue weighted by Gasteiger charge is -2.20. The van der Waals surface area contributed by atoms with Crippen molar-refractivity contribution in [3.63, 3.8) is 0 Å². The van der Waals surface area contributed by atoms with Crippen molar-refractivity contribution in [1.29, 1.82) is 0 Å². The van der Waals surface area contributed by atoms with E-state index in [1.54, 1.807) is 49.6 Å². The van der Waals surface area contributed by atoms with E-state index in [0.29, 0.717) is 46.4 Å². The number of aromatic nitrogens is 3. The number of benzene rings is 2. The molecule has 0 saturated carbocycles. The van der Waals surface area contributed by atoms with E-state index in [4.69, 9.17) is 4.74 Å². The van der Waals surface area contributed by atoms with E-state index in [9.17, 15) is 18.0 Å². The van der Waals surface area contributed by atoms with Crippen molar-refractivity contribution in [2.24, 2.45) is 0 Å². The van der Waals surface area contributed by atoms with Gasteiger partial charge in [0.2, 0.25) is 5.88 Å². The molecule has 10 heteroatoms. The monoisotopic (exact) mass is 521 g/mol. The third-order valence-electron chi connectivity index (χ3n) is 5.75. The van der Waals surface area contributed by atoms with Crippen molar-refractivity contribution >= 4 is 17.3 Å². The van der Waals surface area contributed by atoms with Crippen LogP contribution in [0.1, 0.15) is 34.2 Å². The normalized spacial score (nSPS) is 11.2. The average Bonchev–Trinajstić information content (AvgIpc) is 2.89. The quantitative estimate of drug-likeness (QED) is 0.298. The van der Waals surface area contributed by atoms with E-state index in [2.05, 4.69) is 20.3 Å². The van der Waals surface area contributed by atoms with Crippen LogP contribution in [0.3, 0.4) is 0 Å². The van der Waals surface area contributed by atoms with E-state index in [-0.39, 0.29) is 11.3 Å². The minimum Gasteiger partial charge on any atom is -0.438 e. The molecule has 0 fully saturated rings. The van der Waals surface area contributed by atoms with Crippen molar-refractivity contribution in [2.45, 2.75) is 26.4 Å². The molecule has 0 aliphatic heterocycles. The largest absolute Gasteiger partial charge is 0.438 e. The molecule has 0 spiro atoms. The van der Waals surface area contributed by atoms with Crippen molar-refractivity contribution in [3.8, 4) is 22.9 Å². The maximum atomic E-state index is 13.5. The van der Waals surface area contributed by atoms with Crippen LogP contribution in [-0.4, -0.2) is 35.0 Å². The lowest BCUT2D eigenvalue weighted by atomic mass is 10.1. The lowest BCUT2D eigenvalue weighted by Crippen LogP contribution is -2.19. The van der Waals surface area contributed by atoms with Crippen molar-refractivity contribution in [3.05, 3.63) is 89.5 Å². The summed E-state index contributed by atoms with van der Waals surface area (Å²) >= 11 is 0. The Hall–Kier alpha value is -4.47. The zero-order valence-corrected chi connectivity index (χ0v) is 21.3. The summed E-state index contributed by atoms with van der Waals surface area (Å²) < 4.78 is 46.7. The Morgan fingerprint density at radius 1 is 1.03 bits per heavy atom. The molecule has 0 unspecified atom stereocenters. The molecular weight excluding hydrogens is 495 g/mol. The smallest absolute Gasteiger partial charge is 0.418 e. The summed E-state index contributed by atoms with van der Waals surface area (Å²) in [7, 11) is 3.03. The highest BCUT2D eigenvalue weighted by Crippen LogP contribution is 2.37. The molecule has 1 N–H and O–H groups in total. The third-order valence-corrected chi connectivity index (χ3v) is 5.75. The van der Waals surface area contributed by atoms with Gasteiger partial charge in [0.1, 0.15) is 11.6 Å². The van der Waals surface area contributed by atoms with Gasteiger partial charge in [-0.1, -0.05) is 6.92 Å². The van der Waals surface area contributed by atoms with Crippen LogP contribution in [0.2, 0.25) is 0 Å². The van der Waals surface area contributed by atoms with Crippen molar-refractivity contribution in [2.75, 3.05) is 24.3 Å². The summed E-state index contributed by atoms with van der Waals surface area (Å²) in [5.41, 5.74) is 1.48. The summed E-state index contributed by atoms with van der Waals surface area (Å²) in [6.45, 7) is 3.76. The molecule has 4 rings (SSSR count). The molecule has 0 aliphatic rings. The van der Waals surface area contributed by atoms with Crippen LogP contribution in [-0.2, 0) is 12.6 Å². The molecule has 2 aromatic carbocycles. The Kier molecular flexibility index (Phi) is 7.61. The van der Waals surface area contributed by atoms with Gasteiger partial charge >= 0.3 is 6.18 Å². The maximum Gasteiger partial charge on any atom is 0.418 e. The second kappa shape index (κ2) is 10.9. The number of aryl methyl sites for hydroxylation is 2. The molecule has 7 nitrogen and oxygen atoms in total. The van der Waals surface area contributed by atoms with Crippen LogP contribution < -0.4 is 15.0 Å². The molecular formula is C28H26F3N5O2. The average molecular weight is 522 g/mol. The molecule has 0 radical (unpaired) electrons. The first-order chi connectivity index (χ1) is 18.1. The molecule has 196 valence electrons. The molecule has 2 heterocycles. The number of carbonyl (C=O) groups excluding carboxylic acids is 1. The van der Waals surface area contributed by atoms with Crippen LogP contribution in [0, 0.1) is 6.92 Å². The van der Waals surface area contributed by atoms with Gasteiger partial charge in [0.15, 0.2) is 0 Å². The SMILES string of the molecule is CCc1nccc(-c2cccnc2Oc2ccc(NC(=O)c3ccc(N(C)C)c(C(F)(F)F)c3)cc2C)n1. The summed E-state index contributed by atoms with van der Waals surface area (Å²) in [4.78, 5) is 27.3. The summed E-state index contributed by atoms with van der Waals surface area (Å²) in [5.74, 6) is 0.903. The van der Waals surface area contributed by atoms with Gasteiger partial charge in [-0.15, -0.1) is 0 Å². The summed E-state index contributed by atoms with van der Waals surface area (Å²) in [5, 5.41) is 2.66. The van der Waals surface area contributed by atoms with Gasteiger partial charge in [0.05, 0.1) is 16.8 Å². The Labute approximate surface area is 218 Å². The summed E-state index contributed by atoms with van der Waals surface area (Å²) in [6, 6.07) is 13.9. The van der Waals surface area contributed by atoms with Crippen molar-refractivity contribution in [1.82, 2.24) is 15.0 Å². The molecule has 4 aromatic rings. The maximum absolute atomic E-state index is 13.5. The highest BCUT2D eigenvalue weighted by molar-refractivity contribution is 6.04. The molecule has 0 bridgehead atoms. The number of nitrogens with zero attached hydrogens (tertiary/aromatic N) is 4. The predicted octanol–water partition coefficient (Wildman–Crippen LogP) is 6.54. The Bertz CT molecular complexity index is 1470. The number of ether oxygens (including phenoxy) is 1. The van der Waals surface area contributed by atoms with E-state index < -0.39 is 17.6 Å². The number of nitrogens with one attached hydrogen (secondary N) is 1. The van der Waals surface area contributed by atoms with E-state index >= 15 is 0 Å². The Morgan fingerprint density at radius 2 is 1.82 bits per heavy atom. The number of anilines is 2. The first-order valence-corrected chi connectivity index (χ1v) is 11.8. The van der Waals surface area contributed by atoms with Gasteiger partial charge in [-0.2, -0.15) is 13.2 Å². The van der Waals surface area contributed by atoms with E-state index in [0.717, 1.165) is 6.07 Å². The van der Waals surface area contributed by atoms with Gasteiger partial charge < -0.3 is 15.0 Å². The zero-order chi connectivity index (χ0) is 27.4. The van der Waals surface area contributed by atoms with Gasteiger partial charge in [-0.05, 0) is 67.1 Å². The van der Waals surface area contributed by atoms with Crippen LogP contribution in [0.25, 0.3) is 11.3 Å². The first kappa shape index (κ1) is 26.6. The summed E-state index contributed by atoms with van der Waals surface area (Å²) in [6.07, 6.45) is -0.610. The predicted molar refractivity (Wildman–Crippen MR) is 140 cm³/mol. The molecule has 0 atom stereocenters. The highest BCUT2D eigenvalue weighted by atomic mass is 19.4. The minimum atomic E-state index is -4.60. The lowest BCUT2D eigenvalue weighted by molar-refractivity contribution is -0.137. The first-order valence-electron chi connectivity index (χ1n) is 11.8. The van der Waals surface area contributed by atoms with E-state index in [1.165, 1.54) is 31.1 Å². The standard InChI is InChI=1S/C28H26F3N5O2/c1-5-25-32-14-12-22(35-25)20-7-6-13-33-27(20)38-24-11-9-19(15-17(24)2)34-26(37)18-8-10-23(36(3)4)21(16-18)28(29,30)31/h6-16H,5H2,1-4H3,(H,34,37). The van der Waals surface area contributed by atoms with Gasteiger partial charge in [0, 0.05) is 49.8 Å². The molecule has 0 aliphatic carbocycles. The number of alkyl halides is 3. The fraction of sp³-hybridized carbons (Fsp3) is 0.214. The fourth-order valence-corrected chi connectivity index (χ4v) is 3.83.